The first kappa shape index (κ1) is 13.8. The van der Waals surface area contributed by atoms with Crippen LogP contribution in [0.25, 0.3) is 11.0 Å². The van der Waals surface area contributed by atoms with Crippen LogP contribution in [0.4, 0.5) is 0 Å². The number of imidazole rings is 1. The van der Waals surface area contributed by atoms with Crippen LogP contribution in [-0.2, 0) is 20.0 Å². The maximum Gasteiger partial charge on any atom is 0.110 e. The van der Waals surface area contributed by atoms with Gasteiger partial charge in [0.1, 0.15) is 5.82 Å². The van der Waals surface area contributed by atoms with Gasteiger partial charge in [-0.15, -0.1) is 0 Å². The van der Waals surface area contributed by atoms with Gasteiger partial charge in [-0.2, -0.15) is 0 Å². The van der Waals surface area contributed by atoms with Crippen molar-refractivity contribution in [3.8, 4) is 0 Å². The van der Waals surface area contributed by atoms with Gasteiger partial charge in [0, 0.05) is 26.6 Å². The third-order valence-corrected chi connectivity index (χ3v) is 3.82. The van der Waals surface area contributed by atoms with Gasteiger partial charge in [0.15, 0.2) is 0 Å². The lowest BCUT2D eigenvalue weighted by atomic mass is 10.1. The Hall–Kier alpha value is -2.13. The highest BCUT2D eigenvalue weighted by Crippen LogP contribution is 2.14. The molecule has 0 spiro atoms. The normalized spacial score (nSPS) is 11.1. The van der Waals surface area contributed by atoms with E-state index in [0.717, 1.165) is 30.9 Å². The van der Waals surface area contributed by atoms with Crippen LogP contribution in [0.1, 0.15) is 17.0 Å². The Balaban J connectivity index is 1.58. The Bertz CT molecular complexity index is 743. The van der Waals surface area contributed by atoms with Crippen LogP contribution in [0.2, 0.25) is 0 Å². The van der Waals surface area contributed by atoms with E-state index in [1.54, 1.807) is 0 Å². The first-order chi connectivity index (χ1) is 10.2. The highest BCUT2D eigenvalue weighted by Gasteiger charge is 2.06. The number of aryl methyl sites for hydroxylation is 2. The molecule has 0 aliphatic heterocycles. The third kappa shape index (κ3) is 3.14. The summed E-state index contributed by atoms with van der Waals surface area (Å²) in [5.41, 5.74) is 4.92. The van der Waals surface area contributed by atoms with Gasteiger partial charge in [-0.05, 0) is 24.6 Å². The predicted octanol–water partition coefficient (Wildman–Crippen LogP) is 3.21. The molecular weight excluding hydrogens is 258 g/mol. The van der Waals surface area contributed by atoms with E-state index in [4.69, 9.17) is 4.98 Å². The van der Waals surface area contributed by atoms with E-state index < -0.39 is 0 Å². The number of fused-ring (bicyclic) bond motifs is 1. The topological polar surface area (TPSA) is 29.9 Å². The Morgan fingerprint density at radius 1 is 1.10 bits per heavy atom. The number of rotatable bonds is 5. The second kappa shape index (κ2) is 6.10. The summed E-state index contributed by atoms with van der Waals surface area (Å²) in [6.07, 6.45) is 0.941. The van der Waals surface area contributed by atoms with Crippen molar-refractivity contribution in [3.05, 3.63) is 65.5 Å². The van der Waals surface area contributed by atoms with Crippen LogP contribution in [-0.4, -0.2) is 16.1 Å². The average Bonchev–Trinajstić information content (AvgIpc) is 2.81. The maximum absolute atomic E-state index is 4.69. The first-order valence-corrected chi connectivity index (χ1v) is 7.40. The van der Waals surface area contributed by atoms with Crippen molar-refractivity contribution in [2.24, 2.45) is 7.05 Å². The number of hydrogen-bond acceptors (Lipinski definition) is 2. The van der Waals surface area contributed by atoms with Crippen molar-refractivity contribution in [1.29, 1.82) is 0 Å². The van der Waals surface area contributed by atoms with E-state index in [2.05, 4.69) is 66.3 Å². The summed E-state index contributed by atoms with van der Waals surface area (Å²) < 4.78 is 2.18. The molecule has 21 heavy (non-hydrogen) atoms. The van der Waals surface area contributed by atoms with E-state index in [0.29, 0.717) is 0 Å². The molecule has 1 N–H and O–H groups in total. The van der Waals surface area contributed by atoms with Gasteiger partial charge < -0.3 is 9.88 Å². The predicted molar refractivity (Wildman–Crippen MR) is 87.3 cm³/mol. The van der Waals surface area contributed by atoms with Crippen molar-refractivity contribution < 1.29 is 0 Å². The number of nitrogens with one attached hydrogen (secondary N) is 1. The molecule has 3 aromatic rings. The fourth-order valence-electron chi connectivity index (χ4n) is 2.67. The molecule has 3 nitrogen and oxygen atoms in total. The summed E-state index contributed by atoms with van der Waals surface area (Å²) >= 11 is 0. The van der Waals surface area contributed by atoms with Gasteiger partial charge in [0.2, 0.25) is 0 Å². The molecule has 2 aromatic carbocycles. The second-order valence-electron chi connectivity index (χ2n) is 5.49. The molecule has 0 bridgehead atoms. The lowest BCUT2D eigenvalue weighted by molar-refractivity contribution is 0.658. The molecule has 0 atom stereocenters. The molecule has 0 aliphatic rings. The van der Waals surface area contributed by atoms with E-state index in [1.807, 2.05) is 6.07 Å². The Morgan fingerprint density at radius 2 is 1.95 bits per heavy atom. The van der Waals surface area contributed by atoms with Crippen molar-refractivity contribution in [3.63, 3.8) is 0 Å². The summed E-state index contributed by atoms with van der Waals surface area (Å²) in [5, 5.41) is 3.50. The van der Waals surface area contributed by atoms with E-state index in [9.17, 15) is 0 Å². The molecule has 0 amide bonds. The minimum absolute atomic E-state index is 0.908. The van der Waals surface area contributed by atoms with Crippen LogP contribution in [0.5, 0.6) is 0 Å². The molecule has 0 unspecified atom stereocenters. The molecule has 0 aliphatic carbocycles. The zero-order valence-corrected chi connectivity index (χ0v) is 12.6. The molecule has 0 fully saturated rings. The summed E-state index contributed by atoms with van der Waals surface area (Å²) in [7, 11) is 2.09. The lowest BCUT2D eigenvalue weighted by Crippen LogP contribution is -2.18. The van der Waals surface area contributed by atoms with Crippen molar-refractivity contribution in [1.82, 2.24) is 14.9 Å². The summed E-state index contributed by atoms with van der Waals surface area (Å²) in [4.78, 5) is 4.69. The number of benzene rings is 2. The molecule has 108 valence electrons. The number of nitrogens with zero attached hydrogens (tertiary/aromatic N) is 2. The van der Waals surface area contributed by atoms with Crippen LogP contribution in [0, 0.1) is 6.92 Å². The molecule has 3 rings (SSSR count). The van der Waals surface area contributed by atoms with E-state index in [-0.39, 0.29) is 0 Å². The van der Waals surface area contributed by atoms with Crippen molar-refractivity contribution >= 4 is 11.0 Å². The van der Waals surface area contributed by atoms with Gasteiger partial charge in [-0.1, -0.05) is 42.0 Å². The maximum atomic E-state index is 4.69. The first-order valence-electron chi connectivity index (χ1n) is 7.40. The smallest absolute Gasteiger partial charge is 0.110 e. The summed E-state index contributed by atoms with van der Waals surface area (Å²) in [6.45, 7) is 3.97. The van der Waals surface area contributed by atoms with Crippen LogP contribution in [0.3, 0.4) is 0 Å². The molecular formula is C18H21N3. The average molecular weight is 279 g/mol. The lowest BCUT2D eigenvalue weighted by Gasteiger charge is -2.06. The van der Waals surface area contributed by atoms with Gasteiger partial charge in [-0.25, -0.2) is 4.98 Å². The molecule has 0 saturated carbocycles. The van der Waals surface area contributed by atoms with Crippen LogP contribution in [0.15, 0.2) is 48.5 Å². The summed E-state index contributed by atoms with van der Waals surface area (Å²) in [6, 6.07) is 16.9. The standard InChI is InChI=1S/C18H21N3/c1-14-6-5-7-15(12-14)13-19-11-10-18-20-16-8-3-4-9-17(16)21(18)2/h3-9,12,19H,10-11,13H2,1-2H3. The van der Waals surface area contributed by atoms with Gasteiger partial charge in [0.05, 0.1) is 11.0 Å². The Labute approximate surface area is 125 Å². The number of para-hydroxylation sites is 2. The zero-order chi connectivity index (χ0) is 14.7. The monoisotopic (exact) mass is 279 g/mol. The summed E-state index contributed by atoms with van der Waals surface area (Å²) in [5.74, 6) is 1.13. The Morgan fingerprint density at radius 3 is 2.76 bits per heavy atom. The fraction of sp³-hybridized carbons (Fsp3) is 0.278. The zero-order valence-electron chi connectivity index (χ0n) is 12.6. The number of aromatic nitrogens is 2. The van der Waals surface area contributed by atoms with Gasteiger partial charge in [0.25, 0.3) is 0 Å². The molecule has 1 heterocycles. The highest BCUT2D eigenvalue weighted by atomic mass is 15.1. The van der Waals surface area contributed by atoms with Crippen LogP contribution < -0.4 is 5.32 Å². The number of hydrogen-bond donors (Lipinski definition) is 1. The van der Waals surface area contributed by atoms with Gasteiger partial charge in [-0.3, -0.25) is 0 Å². The second-order valence-corrected chi connectivity index (χ2v) is 5.49. The molecule has 0 radical (unpaired) electrons. The molecule has 1 aromatic heterocycles. The van der Waals surface area contributed by atoms with Crippen molar-refractivity contribution in [2.45, 2.75) is 19.9 Å². The van der Waals surface area contributed by atoms with Gasteiger partial charge >= 0.3 is 0 Å². The van der Waals surface area contributed by atoms with Crippen LogP contribution >= 0.6 is 0 Å². The Kier molecular flexibility index (Phi) is 4.02. The largest absolute Gasteiger partial charge is 0.331 e. The van der Waals surface area contributed by atoms with Crippen molar-refractivity contribution in [2.75, 3.05) is 6.54 Å². The molecule has 3 heteroatoms. The van der Waals surface area contributed by atoms with E-state index >= 15 is 0 Å². The minimum Gasteiger partial charge on any atom is -0.331 e. The quantitative estimate of drug-likeness (QED) is 0.727. The third-order valence-electron chi connectivity index (χ3n) is 3.82. The fourth-order valence-corrected chi connectivity index (χ4v) is 2.67. The highest BCUT2D eigenvalue weighted by molar-refractivity contribution is 5.75. The molecule has 0 saturated heterocycles. The minimum atomic E-state index is 0.908. The van der Waals surface area contributed by atoms with E-state index in [1.165, 1.54) is 16.6 Å². The SMILES string of the molecule is Cc1cccc(CNCCc2nc3ccccc3n2C)c1.